The van der Waals surface area contributed by atoms with E-state index in [1.807, 2.05) is 0 Å². The molecule has 1 heteroatoms. The molecule has 0 aromatic heterocycles. The number of hydrogen-bond donors (Lipinski definition) is 0. The molecule has 0 unspecified atom stereocenters. The van der Waals surface area contributed by atoms with E-state index in [1.54, 1.807) is 5.56 Å². The van der Waals surface area contributed by atoms with Gasteiger partial charge >= 0.3 is 0 Å². The molecule has 2 fully saturated rings. The van der Waals surface area contributed by atoms with Crippen LogP contribution in [0, 0.1) is 21.3 Å². The summed E-state index contributed by atoms with van der Waals surface area (Å²) in [7, 11) is 0. The Morgan fingerprint density at radius 1 is 0.773 bits per heavy atom. The second kappa shape index (κ2) is 8.70. The minimum Gasteiger partial charge on any atom is -0.0580 e. The summed E-state index contributed by atoms with van der Waals surface area (Å²) >= 11 is 2.41. The summed E-state index contributed by atoms with van der Waals surface area (Å²) in [6.07, 6.45) is 17.8. The zero-order valence-corrected chi connectivity index (χ0v) is 16.1. The monoisotopic (exact) mass is 410 g/mol. The summed E-state index contributed by atoms with van der Waals surface area (Å²) in [6, 6.07) is 9.24. The van der Waals surface area contributed by atoms with Crippen LogP contribution >= 0.6 is 22.6 Å². The van der Waals surface area contributed by atoms with Crippen LogP contribution < -0.4 is 0 Å². The van der Waals surface area contributed by atoms with Gasteiger partial charge in [-0.15, -0.1) is 0 Å². The van der Waals surface area contributed by atoms with Gasteiger partial charge in [-0.25, -0.2) is 0 Å². The van der Waals surface area contributed by atoms with Gasteiger partial charge in [-0.1, -0.05) is 76.3 Å². The Kier molecular flexibility index (Phi) is 6.65. The normalized spacial score (nSPS) is 21.4. The number of rotatable bonds is 5. The maximum absolute atomic E-state index is 2.41. The van der Waals surface area contributed by atoms with Gasteiger partial charge in [-0.05, 0) is 70.9 Å². The van der Waals surface area contributed by atoms with Crippen LogP contribution in [0.5, 0.6) is 0 Å². The molecular weight excluding hydrogens is 379 g/mol. The van der Waals surface area contributed by atoms with Crippen LogP contribution in [0.25, 0.3) is 0 Å². The third-order valence-corrected chi connectivity index (χ3v) is 6.91. The SMILES string of the molecule is Ic1ccc(CCC(C2CCCCC2)C2CCCCC2)cc1. The van der Waals surface area contributed by atoms with Crippen molar-refractivity contribution in [3.05, 3.63) is 33.4 Å². The van der Waals surface area contributed by atoms with Crippen LogP contribution in [0.2, 0.25) is 0 Å². The van der Waals surface area contributed by atoms with E-state index in [0.717, 1.165) is 17.8 Å². The molecule has 3 rings (SSSR count). The van der Waals surface area contributed by atoms with Gasteiger partial charge in [0.25, 0.3) is 0 Å². The van der Waals surface area contributed by atoms with Crippen molar-refractivity contribution in [3.63, 3.8) is 0 Å². The van der Waals surface area contributed by atoms with E-state index in [2.05, 4.69) is 46.9 Å². The molecule has 0 spiro atoms. The van der Waals surface area contributed by atoms with Crippen LogP contribution in [0.4, 0.5) is 0 Å². The number of halogens is 1. The van der Waals surface area contributed by atoms with Crippen molar-refractivity contribution < 1.29 is 0 Å². The number of hydrogen-bond acceptors (Lipinski definition) is 0. The van der Waals surface area contributed by atoms with Crippen molar-refractivity contribution in [2.24, 2.45) is 17.8 Å². The molecule has 0 atom stereocenters. The highest BCUT2D eigenvalue weighted by Gasteiger charge is 2.30. The minimum atomic E-state index is 1.01. The van der Waals surface area contributed by atoms with E-state index in [4.69, 9.17) is 0 Å². The lowest BCUT2D eigenvalue weighted by molar-refractivity contribution is 0.135. The summed E-state index contributed by atoms with van der Waals surface area (Å²) in [5.41, 5.74) is 1.55. The lowest BCUT2D eigenvalue weighted by Gasteiger charge is -2.38. The molecule has 2 aliphatic carbocycles. The molecule has 2 aliphatic rings. The van der Waals surface area contributed by atoms with Crippen molar-refractivity contribution >= 4 is 22.6 Å². The fraction of sp³-hybridized carbons (Fsp3) is 0.714. The summed E-state index contributed by atoms with van der Waals surface area (Å²) in [5.74, 6) is 3.10. The summed E-state index contributed by atoms with van der Waals surface area (Å²) in [4.78, 5) is 0. The maximum Gasteiger partial charge on any atom is 0.0130 e. The largest absolute Gasteiger partial charge is 0.0580 e. The zero-order chi connectivity index (χ0) is 15.2. The average Bonchev–Trinajstić information content (AvgIpc) is 2.59. The first-order chi connectivity index (χ1) is 10.8. The molecule has 0 nitrogen and oxygen atoms in total. The van der Waals surface area contributed by atoms with Crippen molar-refractivity contribution in [2.75, 3.05) is 0 Å². The van der Waals surface area contributed by atoms with Gasteiger partial charge in [0.05, 0.1) is 0 Å². The third-order valence-electron chi connectivity index (χ3n) is 6.19. The topological polar surface area (TPSA) is 0 Å². The van der Waals surface area contributed by atoms with Crippen LogP contribution in [0.3, 0.4) is 0 Å². The highest BCUT2D eigenvalue weighted by molar-refractivity contribution is 14.1. The predicted octanol–water partition coefficient (Wildman–Crippen LogP) is 7.00. The van der Waals surface area contributed by atoms with E-state index in [1.165, 1.54) is 80.6 Å². The molecule has 2 saturated carbocycles. The van der Waals surface area contributed by atoms with E-state index in [9.17, 15) is 0 Å². The quantitative estimate of drug-likeness (QED) is 0.459. The van der Waals surface area contributed by atoms with Gasteiger partial charge in [0.1, 0.15) is 0 Å². The molecule has 0 amide bonds. The first kappa shape index (κ1) is 16.8. The smallest absolute Gasteiger partial charge is 0.0130 e. The molecule has 22 heavy (non-hydrogen) atoms. The van der Waals surface area contributed by atoms with Crippen LogP contribution in [0.15, 0.2) is 24.3 Å². The molecule has 0 aliphatic heterocycles. The van der Waals surface area contributed by atoms with E-state index < -0.39 is 0 Å². The molecule has 0 bridgehead atoms. The summed E-state index contributed by atoms with van der Waals surface area (Å²) < 4.78 is 1.36. The highest BCUT2D eigenvalue weighted by atomic mass is 127. The fourth-order valence-electron chi connectivity index (χ4n) is 4.97. The lowest BCUT2D eigenvalue weighted by Crippen LogP contribution is -2.27. The molecule has 0 N–H and O–H groups in total. The number of aryl methyl sites for hydroxylation is 1. The Hall–Kier alpha value is -0.0500. The zero-order valence-electron chi connectivity index (χ0n) is 13.9. The maximum atomic E-state index is 2.41. The predicted molar refractivity (Wildman–Crippen MR) is 104 cm³/mol. The van der Waals surface area contributed by atoms with Crippen LogP contribution in [-0.4, -0.2) is 0 Å². The Balaban J connectivity index is 1.62. The van der Waals surface area contributed by atoms with E-state index in [0.29, 0.717) is 0 Å². The summed E-state index contributed by atoms with van der Waals surface area (Å²) in [5, 5.41) is 0. The Morgan fingerprint density at radius 3 is 1.77 bits per heavy atom. The second-order valence-corrected chi connectivity index (χ2v) is 8.87. The van der Waals surface area contributed by atoms with Crippen molar-refractivity contribution in [1.82, 2.24) is 0 Å². The molecule has 1 aromatic rings. The Labute approximate surface area is 150 Å². The van der Waals surface area contributed by atoms with Crippen molar-refractivity contribution in [1.29, 1.82) is 0 Å². The van der Waals surface area contributed by atoms with Crippen molar-refractivity contribution in [2.45, 2.75) is 77.0 Å². The van der Waals surface area contributed by atoms with Gasteiger partial charge in [0, 0.05) is 3.57 Å². The molecule has 0 heterocycles. The second-order valence-electron chi connectivity index (χ2n) is 7.63. The first-order valence-electron chi connectivity index (χ1n) is 9.57. The van der Waals surface area contributed by atoms with E-state index in [-0.39, 0.29) is 0 Å². The standard InChI is InChI=1S/C21H31I/c22-20-14-11-17(12-15-20)13-16-21(18-7-3-1-4-8-18)19-9-5-2-6-10-19/h11-12,14-15,18-19,21H,1-10,13,16H2. The number of benzene rings is 1. The van der Waals surface area contributed by atoms with E-state index >= 15 is 0 Å². The van der Waals surface area contributed by atoms with Gasteiger partial charge < -0.3 is 0 Å². The first-order valence-corrected chi connectivity index (χ1v) is 10.7. The summed E-state index contributed by atoms with van der Waals surface area (Å²) in [6.45, 7) is 0. The lowest BCUT2D eigenvalue weighted by atomic mass is 9.68. The highest BCUT2D eigenvalue weighted by Crippen LogP contribution is 2.42. The Bertz CT molecular complexity index is 406. The minimum absolute atomic E-state index is 1.01. The third kappa shape index (κ3) is 4.72. The van der Waals surface area contributed by atoms with Gasteiger partial charge in [-0.2, -0.15) is 0 Å². The fourth-order valence-corrected chi connectivity index (χ4v) is 5.32. The van der Waals surface area contributed by atoms with Gasteiger partial charge in [-0.3, -0.25) is 0 Å². The van der Waals surface area contributed by atoms with Crippen LogP contribution in [-0.2, 0) is 6.42 Å². The molecule has 0 saturated heterocycles. The molecule has 0 radical (unpaired) electrons. The van der Waals surface area contributed by atoms with Crippen LogP contribution in [0.1, 0.15) is 76.2 Å². The molecule has 1 aromatic carbocycles. The average molecular weight is 410 g/mol. The van der Waals surface area contributed by atoms with Crippen molar-refractivity contribution in [3.8, 4) is 0 Å². The van der Waals surface area contributed by atoms with Gasteiger partial charge in [0.2, 0.25) is 0 Å². The Morgan fingerprint density at radius 2 is 1.27 bits per heavy atom. The molecule has 122 valence electrons. The van der Waals surface area contributed by atoms with Gasteiger partial charge in [0.15, 0.2) is 0 Å². The molecular formula is C21H31I.